The summed E-state index contributed by atoms with van der Waals surface area (Å²) in [6, 6.07) is 6.26. The minimum atomic E-state index is -0.447. The molecule has 0 radical (unpaired) electrons. The number of hydrogen-bond donors (Lipinski definition) is 0. The van der Waals surface area contributed by atoms with E-state index < -0.39 is 10.5 Å². The largest absolute Gasteiger partial charge is 0.276 e. The van der Waals surface area contributed by atoms with Crippen molar-refractivity contribution >= 4 is 33.7 Å². The molecule has 18 heavy (non-hydrogen) atoms. The first-order chi connectivity index (χ1) is 8.61. The zero-order chi connectivity index (χ0) is 13.4. The maximum Gasteiger partial charge on any atom is 0.252 e. The second-order valence-electron chi connectivity index (χ2n) is 3.02. The summed E-state index contributed by atoms with van der Waals surface area (Å²) in [6.07, 6.45) is 6.09. The lowest BCUT2D eigenvalue weighted by Crippen LogP contribution is -1.86. The van der Waals surface area contributed by atoms with E-state index in [1.807, 2.05) is 0 Å². The van der Waals surface area contributed by atoms with Crippen LogP contribution in [0.4, 0.5) is 0 Å². The zero-order valence-electron chi connectivity index (χ0n) is 9.09. The Balaban J connectivity index is 0.000000180. The van der Waals surface area contributed by atoms with Crippen molar-refractivity contribution < 1.29 is 9.59 Å². The molecular weight excluding hydrogens is 275 g/mol. The topological polar surface area (TPSA) is 59.9 Å². The number of pyridine rings is 2. The van der Waals surface area contributed by atoms with Crippen LogP contribution in [0, 0.1) is 0 Å². The van der Waals surface area contributed by atoms with E-state index in [1.165, 1.54) is 24.8 Å². The lowest BCUT2D eigenvalue weighted by Gasteiger charge is -1.86. The van der Waals surface area contributed by atoms with E-state index in [2.05, 4.69) is 9.97 Å². The van der Waals surface area contributed by atoms with E-state index in [9.17, 15) is 9.59 Å². The summed E-state index contributed by atoms with van der Waals surface area (Å²) >= 11 is 10.3. The number of aromatic nitrogens is 2. The molecule has 0 saturated carbocycles. The smallest absolute Gasteiger partial charge is 0.252 e. The Kier molecular flexibility index (Phi) is 5.97. The van der Waals surface area contributed by atoms with Crippen LogP contribution in [0.3, 0.4) is 0 Å². The van der Waals surface area contributed by atoms with Gasteiger partial charge in [0.05, 0.1) is 0 Å². The predicted molar refractivity (Wildman–Crippen MR) is 68.8 cm³/mol. The van der Waals surface area contributed by atoms with E-state index in [4.69, 9.17) is 23.2 Å². The van der Waals surface area contributed by atoms with Gasteiger partial charge < -0.3 is 0 Å². The fourth-order valence-corrected chi connectivity index (χ4v) is 1.22. The minimum absolute atomic E-state index is 0.447. The number of rotatable bonds is 2. The average Bonchev–Trinajstić information content (AvgIpc) is 2.41. The fourth-order valence-electron chi connectivity index (χ4n) is 0.966. The van der Waals surface area contributed by atoms with Gasteiger partial charge in [-0.3, -0.25) is 19.6 Å². The molecule has 2 aromatic heterocycles. The van der Waals surface area contributed by atoms with Gasteiger partial charge in [0.25, 0.3) is 10.5 Å². The number of halogens is 2. The second kappa shape index (κ2) is 7.53. The van der Waals surface area contributed by atoms with Crippen molar-refractivity contribution in [3.8, 4) is 0 Å². The molecule has 0 aliphatic heterocycles. The molecule has 0 aliphatic rings. The monoisotopic (exact) mass is 282 g/mol. The average molecular weight is 283 g/mol. The van der Waals surface area contributed by atoms with Gasteiger partial charge in [0, 0.05) is 35.9 Å². The quantitative estimate of drug-likeness (QED) is 0.795. The maximum atomic E-state index is 10.4. The highest BCUT2D eigenvalue weighted by atomic mass is 35.5. The first-order valence-corrected chi connectivity index (χ1v) is 5.56. The fraction of sp³-hybridized carbons (Fsp3) is 0. The summed E-state index contributed by atoms with van der Waals surface area (Å²) in [5, 5.41) is -0.894. The number of nitrogens with zero attached hydrogens (tertiary/aromatic N) is 2. The molecule has 2 aromatic rings. The molecule has 0 aromatic carbocycles. The van der Waals surface area contributed by atoms with Crippen LogP contribution in [-0.2, 0) is 0 Å². The van der Waals surface area contributed by atoms with E-state index in [0.29, 0.717) is 11.1 Å². The van der Waals surface area contributed by atoms with Crippen LogP contribution in [0.15, 0.2) is 49.1 Å². The standard InChI is InChI=1S/2C6H4ClNO/c2*7-6(9)5-1-3-8-4-2-5/h2*1-4H. The molecule has 0 aliphatic carbocycles. The van der Waals surface area contributed by atoms with Gasteiger partial charge in [0.2, 0.25) is 0 Å². The molecule has 0 N–H and O–H groups in total. The normalized spacial score (nSPS) is 9.00. The third kappa shape index (κ3) is 5.03. The van der Waals surface area contributed by atoms with Crippen LogP contribution in [0.1, 0.15) is 20.7 Å². The summed E-state index contributed by atoms with van der Waals surface area (Å²) in [6.45, 7) is 0. The SMILES string of the molecule is O=C(Cl)c1ccncc1.O=C(Cl)c1ccncc1. The van der Waals surface area contributed by atoms with Crippen LogP contribution in [0.2, 0.25) is 0 Å². The van der Waals surface area contributed by atoms with Gasteiger partial charge in [-0.05, 0) is 47.5 Å². The van der Waals surface area contributed by atoms with Gasteiger partial charge in [-0.25, -0.2) is 0 Å². The van der Waals surface area contributed by atoms with Gasteiger partial charge in [0.15, 0.2) is 0 Å². The van der Waals surface area contributed by atoms with Crippen LogP contribution in [0.25, 0.3) is 0 Å². The molecule has 0 spiro atoms. The summed E-state index contributed by atoms with van der Waals surface area (Å²) < 4.78 is 0. The lowest BCUT2D eigenvalue weighted by molar-refractivity contribution is 0.107. The third-order valence-corrected chi connectivity index (χ3v) is 2.25. The Morgan fingerprint density at radius 1 is 0.722 bits per heavy atom. The lowest BCUT2D eigenvalue weighted by atomic mass is 10.3. The van der Waals surface area contributed by atoms with Crippen molar-refractivity contribution in [2.75, 3.05) is 0 Å². The highest BCUT2D eigenvalue weighted by Crippen LogP contribution is 2.00. The molecule has 0 fully saturated rings. The molecule has 6 heteroatoms. The molecule has 2 rings (SSSR count). The molecule has 0 bridgehead atoms. The molecule has 4 nitrogen and oxygen atoms in total. The van der Waals surface area contributed by atoms with Crippen LogP contribution in [-0.4, -0.2) is 20.5 Å². The first-order valence-electron chi connectivity index (χ1n) is 4.81. The van der Waals surface area contributed by atoms with E-state index in [0.717, 1.165) is 0 Å². The highest BCUT2D eigenvalue weighted by molar-refractivity contribution is 6.68. The summed E-state index contributed by atoms with van der Waals surface area (Å²) in [5.41, 5.74) is 0.957. The van der Waals surface area contributed by atoms with E-state index >= 15 is 0 Å². The van der Waals surface area contributed by atoms with Crippen molar-refractivity contribution in [2.45, 2.75) is 0 Å². The summed E-state index contributed by atoms with van der Waals surface area (Å²) in [7, 11) is 0. The molecule has 0 amide bonds. The number of carbonyl (C=O) groups excluding carboxylic acids is 2. The van der Waals surface area contributed by atoms with Crippen molar-refractivity contribution in [1.29, 1.82) is 0 Å². The van der Waals surface area contributed by atoms with Crippen molar-refractivity contribution in [1.82, 2.24) is 9.97 Å². The number of hydrogen-bond acceptors (Lipinski definition) is 4. The summed E-state index contributed by atoms with van der Waals surface area (Å²) in [4.78, 5) is 28.2. The van der Waals surface area contributed by atoms with Gasteiger partial charge in [-0.15, -0.1) is 0 Å². The van der Waals surface area contributed by atoms with Crippen LogP contribution in [0.5, 0.6) is 0 Å². The highest BCUT2D eigenvalue weighted by Gasteiger charge is 1.97. The maximum absolute atomic E-state index is 10.4. The molecular formula is C12H8Cl2N2O2. The van der Waals surface area contributed by atoms with Crippen LogP contribution < -0.4 is 0 Å². The first kappa shape index (κ1) is 14.3. The summed E-state index contributed by atoms with van der Waals surface area (Å²) in [5.74, 6) is 0. The van der Waals surface area contributed by atoms with Gasteiger partial charge >= 0.3 is 0 Å². The Morgan fingerprint density at radius 3 is 1.17 bits per heavy atom. The molecule has 2 heterocycles. The number of carbonyl (C=O) groups is 2. The van der Waals surface area contributed by atoms with Gasteiger partial charge in [-0.2, -0.15) is 0 Å². The second-order valence-corrected chi connectivity index (χ2v) is 3.71. The Hall–Kier alpha value is -1.78. The Labute approximate surface area is 114 Å². The predicted octanol–water partition coefficient (Wildman–Crippen LogP) is 2.92. The van der Waals surface area contributed by atoms with Crippen LogP contribution >= 0.6 is 23.2 Å². The molecule has 92 valence electrons. The van der Waals surface area contributed by atoms with E-state index in [-0.39, 0.29) is 0 Å². The van der Waals surface area contributed by atoms with Crippen molar-refractivity contribution in [2.24, 2.45) is 0 Å². The molecule has 0 unspecified atom stereocenters. The van der Waals surface area contributed by atoms with Crippen molar-refractivity contribution in [3.63, 3.8) is 0 Å². The van der Waals surface area contributed by atoms with Crippen molar-refractivity contribution in [3.05, 3.63) is 60.2 Å². The minimum Gasteiger partial charge on any atom is -0.276 e. The van der Waals surface area contributed by atoms with E-state index in [1.54, 1.807) is 24.3 Å². The Morgan fingerprint density at radius 2 is 1.00 bits per heavy atom. The third-order valence-electron chi connectivity index (χ3n) is 1.81. The van der Waals surface area contributed by atoms with Gasteiger partial charge in [0.1, 0.15) is 0 Å². The zero-order valence-corrected chi connectivity index (χ0v) is 10.6. The van der Waals surface area contributed by atoms with Gasteiger partial charge in [-0.1, -0.05) is 0 Å². The molecule has 0 atom stereocenters. The molecule has 0 saturated heterocycles. The Bertz CT molecular complexity index is 469.